The van der Waals surface area contributed by atoms with Crippen LogP contribution in [0.1, 0.15) is 25.5 Å². The second-order valence-electron chi connectivity index (χ2n) is 3.65. The predicted octanol–water partition coefficient (Wildman–Crippen LogP) is 1.65. The Morgan fingerprint density at radius 2 is 2.27 bits per heavy atom. The molecule has 15 heavy (non-hydrogen) atoms. The van der Waals surface area contributed by atoms with Gasteiger partial charge in [-0.2, -0.15) is 0 Å². The zero-order valence-corrected chi connectivity index (χ0v) is 8.69. The van der Waals surface area contributed by atoms with E-state index >= 15 is 0 Å². The van der Waals surface area contributed by atoms with Gasteiger partial charge in [-0.05, 0) is 19.1 Å². The fourth-order valence-corrected chi connectivity index (χ4v) is 1.74. The lowest BCUT2D eigenvalue weighted by Gasteiger charge is -2.14. The van der Waals surface area contributed by atoms with Crippen molar-refractivity contribution in [3.63, 3.8) is 0 Å². The van der Waals surface area contributed by atoms with Gasteiger partial charge in [-0.25, -0.2) is 0 Å². The molecule has 0 fully saturated rings. The highest BCUT2D eigenvalue weighted by atomic mass is 16.6. The van der Waals surface area contributed by atoms with Crippen LogP contribution in [0.4, 0.5) is 5.69 Å². The first-order valence-corrected chi connectivity index (χ1v) is 4.81. The van der Waals surface area contributed by atoms with Crippen molar-refractivity contribution in [1.82, 2.24) is 0 Å². The molecule has 0 saturated carbocycles. The molecule has 80 valence electrons. The third-order valence-corrected chi connectivity index (χ3v) is 2.38. The number of ether oxygens (including phenoxy) is 2. The Morgan fingerprint density at radius 3 is 2.93 bits per heavy atom. The third-order valence-electron chi connectivity index (χ3n) is 2.38. The molecule has 2 atom stereocenters. The Labute approximate surface area is 88.0 Å². The zero-order valence-electron chi connectivity index (χ0n) is 8.69. The van der Waals surface area contributed by atoms with Crippen LogP contribution < -0.4 is 10.5 Å². The van der Waals surface area contributed by atoms with E-state index in [0.29, 0.717) is 11.4 Å². The number of carbonyl (C=O) groups excluding carboxylic acids is 1. The zero-order chi connectivity index (χ0) is 11.0. The summed E-state index contributed by atoms with van der Waals surface area (Å²) < 4.78 is 10.7. The van der Waals surface area contributed by atoms with Crippen molar-refractivity contribution in [2.24, 2.45) is 0 Å². The molecule has 1 aromatic rings. The molecule has 1 aliphatic rings. The predicted molar refractivity (Wildman–Crippen MR) is 55.5 cm³/mol. The Balaban J connectivity index is 2.33. The first-order valence-electron chi connectivity index (χ1n) is 4.81. The highest BCUT2D eigenvalue weighted by Gasteiger charge is 2.33. The van der Waals surface area contributed by atoms with Crippen molar-refractivity contribution < 1.29 is 14.3 Å². The van der Waals surface area contributed by atoms with Crippen LogP contribution in [0.5, 0.6) is 5.75 Å². The smallest absolute Gasteiger partial charge is 0.303 e. The van der Waals surface area contributed by atoms with E-state index in [1.165, 1.54) is 6.92 Å². The van der Waals surface area contributed by atoms with Gasteiger partial charge in [0.05, 0.1) is 0 Å². The number of rotatable bonds is 1. The minimum Gasteiger partial charge on any atom is -0.486 e. The van der Waals surface area contributed by atoms with Crippen LogP contribution in [-0.4, -0.2) is 12.1 Å². The van der Waals surface area contributed by atoms with Gasteiger partial charge in [-0.15, -0.1) is 0 Å². The standard InChI is InChI=1S/C11H13NO3/c1-6-11(15-7(2)13)9-4-3-8(12)5-10(9)14-6/h3-6,11H,12H2,1-2H3/t6?,11-/m1/s1. The van der Waals surface area contributed by atoms with E-state index in [-0.39, 0.29) is 18.2 Å². The van der Waals surface area contributed by atoms with Crippen LogP contribution in [0.15, 0.2) is 18.2 Å². The van der Waals surface area contributed by atoms with Gasteiger partial charge in [-0.1, -0.05) is 0 Å². The molecule has 4 nitrogen and oxygen atoms in total. The molecule has 0 spiro atoms. The normalized spacial score (nSPS) is 23.1. The average Bonchev–Trinajstić information content (AvgIpc) is 2.41. The third kappa shape index (κ3) is 1.75. The number of benzene rings is 1. The minimum absolute atomic E-state index is 0.161. The second kappa shape index (κ2) is 3.46. The molecule has 2 N–H and O–H groups in total. The molecule has 0 amide bonds. The maximum absolute atomic E-state index is 10.9. The number of carbonyl (C=O) groups is 1. The van der Waals surface area contributed by atoms with Gasteiger partial charge in [0.15, 0.2) is 6.10 Å². The van der Waals surface area contributed by atoms with E-state index < -0.39 is 0 Å². The fraction of sp³-hybridized carbons (Fsp3) is 0.364. The lowest BCUT2D eigenvalue weighted by atomic mass is 10.1. The van der Waals surface area contributed by atoms with Crippen LogP contribution in [0.3, 0.4) is 0 Å². The van der Waals surface area contributed by atoms with Crippen molar-refractivity contribution >= 4 is 11.7 Å². The summed E-state index contributed by atoms with van der Waals surface area (Å²) in [5, 5.41) is 0. The number of hydrogen-bond acceptors (Lipinski definition) is 4. The molecule has 0 aliphatic carbocycles. The summed E-state index contributed by atoms with van der Waals surface area (Å²) in [7, 11) is 0. The van der Waals surface area contributed by atoms with Gasteiger partial charge < -0.3 is 15.2 Å². The number of esters is 1. The summed E-state index contributed by atoms with van der Waals surface area (Å²) in [5.41, 5.74) is 7.16. The molecule has 0 aromatic heterocycles. The lowest BCUT2D eigenvalue weighted by Crippen LogP contribution is -2.18. The van der Waals surface area contributed by atoms with Crippen molar-refractivity contribution in [3.05, 3.63) is 23.8 Å². The van der Waals surface area contributed by atoms with Crippen molar-refractivity contribution in [3.8, 4) is 5.75 Å². The Morgan fingerprint density at radius 1 is 1.53 bits per heavy atom. The highest BCUT2D eigenvalue weighted by Crippen LogP contribution is 2.39. The number of nitrogens with two attached hydrogens (primary N) is 1. The number of anilines is 1. The summed E-state index contributed by atoms with van der Waals surface area (Å²) >= 11 is 0. The average molecular weight is 207 g/mol. The van der Waals surface area contributed by atoms with Crippen molar-refractivity contribution in [1.29, 1.82) is 0 Å². The van der Waals surface area contributed by atoms with Crippen LogP contribution in [0.25, 0.3) is 0 Å². The monoisotopic (exact) mass is 207 g/mol. The van der Waals surface area contributed by atoms with E-state index in [1.807, 2.05) is 13.0 Å². The van der Waals surface area contributed by atoms with Crippen LogP contribution in [-0.2, 0) is 9.53 Å². The molecule has 1 aromatic carbocycles. The molecule has 0 radical (unpaired) electrons. The lowest BCUT2D eigenvalue weighted by molar-refractivity contribution is -0.149. The van der Waals surface area contributed by atoms with Crippen LogP contribution in [0, 0.1) is 0 Å². The van der Waals surface area contributed by atoms with Crippen molar-refractivity contribution in [2.75, 3.05) is 5.73 Å². The Bertz CT molecular complexity index is 403. The van der Waals surface area contributed by atoms with E-state index in [2.05, 4.69) is 0 Å². The number of fused-ring (bicyclic) bond motifs is 1. The van der Waals surface area contributed by atoms with Gasteiger partial charge in [0.25, 0.3) is 0 Å². The SMILES string of the molecule is CC(=O)O[C@H]1c2ccc(N)cc2OC1C. The van der Waals surface area contributed by atoms with Crippen LogP contribution in [0.2, 0.25) is 0 Å². The summed E-state index contributed by atoms with van der Waals surface area (Å²) in [6.07, 6.45) is -0.483. The van der Waals surface area contributed by atoms with E-state index in [1.54, 1.807) is 12.1 Å². The van der Waals surface area contributed by atoms with Gasteiger partial charge in [0, 0.05) is 24.2 Å². The van der Waals surface area contributed by atoms with Gasteiger partial charge in [-0.3, -0.25) is 4.79 Å². The maximum Gasteiger partial charge on any atom is 0.303 e. The van der Waals surface area contributed by atoms with Gasteiger partial charge in [0.2, 0.25) is 0 Å². The van der Waals surface area contributed by atoms with E-state index in [0.717, 1.165) is 5.56 Å². The summed E-state index contributed by atoms with van der Waals surface area (Å²) in [5.74, 6) is 0.397. The number of nitrogen functional groups attached to an aromatic ring is 1. The highest BCUT2D eigenvalue weighted by molar-refractivity contribution is 5.67. The minimum atomic E-state index is -0.321. The van der Waals surface area contributed by atoms with Crippen LogP contribution >= 0.6 is 0 Å². The molecular formula is C11H13NO3. The maximum atomic E-state index is 10.9. The molecule has 1 aliphatic heterocycles. The molecule has 4 heteroatoms. The first kappa shape index (κ1) is 9.83. The van der Waals surface area contributed by atoms with Gasteiger partial charge in [0.1, 0.15) is 11.9 Å². The number of hydrogen-bond donors (Lipinski definition) is 1. The summed E-state index contributed by atoms with van der Waals surface area (Å²) in [6, 6.07) is 5.35. The quantitative estimate of drug-likeness (QED) is 0.562. The molecule has 1 unspecified atom stereocenters. The first-order chi connectivity index (χ1) is 7.08. The molecule has 2 rings (SSSR count). The van der Waals surface area contributed by atoms with Crippen molar-refractivity contribution in [2.45, 2.75) is 26.1 Å². The largest absolute Gasteiger partial charge is 0.486 e. The summed E-state index contributed by atoms with van der Waals surface area (Å²) in [6.45, 7) is 3.26. The molecule has 0 saturated heterocycles. The molecule has 0 bridgehead atoms. The Hall–Kier alpha value is -1.71. The second-order valence-corrected chi connectivity index (χ2v) is 3.65. The molecular weight excluding hydrogens is 194 g/mol. The topological polar surface area (TPSA) is 61.5 Å². The fourth-order valence-electron chi connectivity index (χ4n) is 1.74. The Kier molecular flexibility index (Phi) is 2.26. The molecule has 1 heterocycles. The van der Waals surface area contributed by atoms with E-state index in [9.17, 15) is 4.79 Å². The van der Waals surface area contributed by atoms with E-state index in [4.69, 9.17) is 15.2 Å². The summed E-state index contributed by atoms with van der Waals surface area (Å²) in [4.78, 5) is 10.9. The van der Waals surface area contributed by atoms with Gasteiger partial charge >= 0.3 is 5.97 Å².